The molecule has 0 radical (unpaired) electrons. The van der Waals surface area contributed by atoms with Crippen LogP contribution in [-0.2, 0) is 4.79 Å². The quantitative estimate of drug-likeness (QED) is 0.875. The summed E-state index contributed by atoms with van der Waals surface area (Å²) >= 11 is 0. The minimum absolute atomic E-state index is 0. The van der Waals surface area contributed by atoms with Gasteiger partial charge in [-0.15, -0.1) is 12.4 Å². The van der Waals surface area contributed by atoms with Crippen LogP contribution in [0.15, 0.2) is 18.2 Å². The molecular weight excluding hydrogens is 296 g/mol. The highest BCUT2D eigenvalue weighted by Crippen LogP contribution is 2.21. The summed E-state index contributed by atoms with van der Waals surface area (Å²) in [7, 11) is 0. The number of nitrogens with one attached hydrogen (secondary N) is 1. The second kappa shape index (κ2) is 9.16. The summed E-state index contributed by atoms with van der Waals surface area (Å²) in [5.41, 5.74) is 3.32. The SMILES string of the molecule is CCCCN1CCCCC1C(=O)Nc1ccc(C)cc1C.Cl. The minimum atomic E-state index is 0. The zero-order chi connectivity index (χ0) is 15.2. The van der Waals surface area contributed by atoms with Crippen molar-refractivity contribution in [2.45, 2.75) is 58.9 Å². The zero-order valence-corrected chi connectivity index (χ0v) is 14.8. The van der Waals surface area contributed by atoms with Crippen LogP contribution in [0.3, 0.4) is 0 Å². The summed E-state index contributed by atoms with van der Waals surface area (Å²) in [5.74, 6) is 0.165. The largest absolute Gasteiger partial charge is 0.324 e. The molecule has 1 amide bonds. The van der Waals surface area contributed by atoms with E-state index in [-0.39, 0.29) is 24.4 Å². The number of unbranched alkanes of at least 4 members (excludes halogenated alkanes) is 1. The molecule has 3 nitrogen and oxygen atoms in total. The molecule has 0 bridgehead atoms. The van der Waals surface area contributed by atoms with E-state index in [0.29, 0.717) is 0 Å². The summed E-state index contributed by atoms with van der Waals surface area (Å²) in [4.78, 5) is 15.0. The number of piperidine rings is 1. The fraction of sp³-hybridized carbons (Fsp3) is 0.611. The molecule has 2 rings (SSSR count). The van der Waals surface area contributed by atoms with E-state index in [1.54, 1.807) is 0 Å². The molecule has 124 valence electrons. The maximum Gasteiger partial charge on any atom is 0.241 e. The van der Waals surface area contributed by atoms with Crippen LogP contribution in [-0.4, -0.2) is 29.9 Å². The number of hydrogen-bond donors (Lipinski definition) is 1. The lowest BCUT2D eigenvalue weighted by molar-refractivity contribution is -0.122. The maximum absolute atomic E-state index is 12.6. The van der Waals surface area contributed by atoms with Crippen molar-refractivity contribution in [2.75, 3.05) is 18.4 Å². The van der Waals surface area contributed by atoms with Crippen molar-refractivity contribution in [3.63, 3.8) is 0 Å². The lowest BCUT2D eigenvalue weighted by atomic mass is 10.0. The monoisotopic (exact) mass is 324 g/mol. The van der Waals surface area contributed by atoms with E-state index in [2.05, 4.69) is 43.1 Å². The standard InChI is InChI=1S/C18H28N2O.ClH/c1-4-5-11-20-12-7-6-8-17(20)18(21)19-16-10-9-14(2)13-15(16)3;/h9-10,13,17H,4-8,11-12H2,1-3H3,(H,19,21);1H. The van der Waals surface area contributed by atoms with Crippen LogP contribution in [0, 0.1) is 13.8 Å². The van der Waals surface area contributed by atoms with Gasteiger partial charge in [-0.1, -0.05) is 37.5 Å². The van der Waals surface area contributed by atoms with Crippen LogP contribution in [0.5, 0.6) is 0 Å². The molecule has 22 heavy (non-hydrogen) atoms. The normalized spacial score (nSPS) is 18.6. The number of hydrogen-bond acceptors (Lipinski definition) is 2. The Bertz CT molecular complexity index is 490. The number of likely N-dealkylation sites (tertiary alicyclic amines) is 1. The first-order chi connectivity index (χ1) is 10.1. The van der Waals surface area contributed by atoms with Crippen molar-refractivity contribution < 1.29 is 4.79 Å². The molecule has 1 heterocycles. The van der Waals surface area contributed by atoms with Gasteiger partial charge in [-0.25, -0.2) is 0 Å². The van der Waals surface area contributed by atoms with Crippen molar-refractivity contribution in [1.29, 1.82) is 0 Å². The van der Waals surface area contributed by atoms with Crippen molar-refractivity contribution in [2.24, 2.45) is 0 Å². The van der Waals surface area contributed by atoms with Crippen LogP contribution in [0.2, 0.25) is 0 Å². The Hall–Kier alpha value is -1.06. The Morgan fingerprint density at radius 2 is 2.09 bits per heavy atom. The van der Waals surface area contributed by atoms with Crippen molar-refractivity contribution in [3.05, 3.63) is 29.3 Å². The Morgan fingerprint density at radius 3 is 2.77 bits per heavy atom. The second-order valence-corrected chi connectivity index (χ2v) is 6.21. The average Bonchev–Trinajstić information content (AvgIpc) is 2.48. The number of carbonyl (C=O) groups is 1. The lowest BCUT2D eigenvalue weighted by Crippen LogP contribution is -2.47. The Kier molecular flexibility index (Phi) is 7.91. The molecule has 1 aromatic carbocycles. The second-order valence-electron chi connectivity index (χ2n) is 6.21. The highest BCUT2D eigenvalue weighted by molar-refractivity contribution is 5.95. The number of carbonyl (C=O) groups excluding carboxylic acids is 1. The van der Waals surface area contributed by atoms with E-state index < -0.39 is 0 Å². The van der Waals surface area contributed by atoms with Crippen LogP contribution in [0.1, 0.15) is 50.2 Å². The number of anilines is 1. The molecule has 0 aromatic heterocycles. The van der Waals surface area contributed by atoms with Gasteiger partial charge in [0.25, 0.3) is 0 Å². The third-order valence-corrected chi connectivity index (χ3v) is 4.35. The van der Waals surface area contributed by atoms with Crippen LogP contribution in [0.25, 0.3) is 0 Å². The van der Waals surface area contributed by atoms with Gasteiger partial charge in [0.2, 0.25) is 5.91 Å². The fourth-order valence-electron chi connectivity index (χ4n) is 3.09. The van der Waals surface area contributed by atoms with Crippen molar-refractivity contribution in [1.82, 2.24) is 4.90 Å². The van der Waals surface area contributed by atoms with Gasteiger partial charge in [-0.2, -0.15) is 0 Å². The number of benzene rings is 1. The number of halogens is 1. The van der Waals surface area contributed by atoms with E-state index in [1.165, 1.54) is 24.8 Å². The van der Waals surface area contributed by atoms with Gasteiger partial charge in [0.1, 0.15) is 0 Å². The highest BCUT2D eigenvalue weighted by Gasteiger charge is 2.28. The average molecular weight is 325 g/mol. The van der Waals surface area contributed by atoms with Gasteiger partial charge in [-0.3, -0.25) is 9.69 Å². The molecule has 1 aromatic rings. The molecule has 4 heteroatoms. The lowest BCUT2D eigenvalue weighted by Gasteiger charge is -2.34. The minimum Gasteiger partial charge on any atom is -0.324 e. The number of aryl methyl sites for hydroxylation is 2. The maximum atomic E-state index is 12.6. The van der Waals surface area contributed by atoms with E-state index in [9.17, 15) is 4.79 Å². The molecule has 1 saturated heterocycles. The Balaban J connectivity index is 0.00000242. The molecule has 0 aliphatic carbocycles. The number of rotatable bonds is 5. The summed E-state index contributed by atoms with van der Waals surface area (Å²) in [6, 6.07) is 6.23. The molecule has 1 atom stereocenters. The zero-order valence-electron chi connectivity index (χ0n) is 14.0. The predicted octanol–water partition coefficient (Wildman–Crippen LogP) is 4.32. The summed E-state index contributed by atoms with van der Waals surface area (Å²) in [5, 5.41) is 3.13. The molecule has 1 N–H and O–H groups in total. The molecule has 0 saturated carbocycles. The van der Waals surface area contributed by atoms with E-state index in [0.717, 1.165) is 37.2 Å². The van der Waals surface area contributed by atoms with E-state index in [1.807, 2.05) is 6.07 Å². The number of nitrogens with zero attached hydrogens (tertiary/aromatic N) is 1. The van der Waals surface area contributed by atoms with Gasteiger partial charge >= 0.3 is 0 Å². The van der Waals surface area contributed by atoms with Crippen LogP contribution in [0.4, 0.5) is 5.69 Å². The Labute approximate surface area is 140 Å². The molecular formula is C18H29ClN2O. The molecule has 1 aliphatic rings. The molecule has 1 aliphatic heterocycles. The summed E-state index contributed by atoms with van der Waals surface area (Å²) in [6.07, 6.45) is 5.72. The van der Waals surface area contributed by atoms with E-state index in [4.69, 9.17) is 0 Å². The first-order valence-electron chi connectivity index (χ1n) is 8.24. The smallest absolute Gasteiger partial charge is 0.241 e. The van der Waals surface area contributed by atoms with E-state index >= 15 is 0 Å². The van der Waals surface area contributed by atoms with Crippen molar-refractivity contribution in [3.8, 4) is 0 Å². The van der Waals surface area contributed by atoms with Gasteiger partial charge in [0.15, 0.2) is 0 Å². The molecule has 1 fully saturated rings. The van der Waals surface area contributed by atoms with Gasteiger partial charge < -0.3 is 5.32 Å². The third kappa shape index (κ3) is 4.99. The third-order valence-electron chi connectivity index (χ3n) is 4.35. The Morgan fingerprint density at radius 1 is 1.32 bits per heavy atom. The van der Waals surface area contributed by atoms with Gasteiger partial charge in [0, 0.05) is 5.69 Å². The topological polar surface area (TPSA) is 32.3 Å². The molecule has 1 unspecified atom stereocenters. The summed E-state index contributed by atoms with van der Waals surface area (Å²) < 4.78 is 0. The predicted molar refractivity (Wildman–Crippen MR) is 95.9 cm³/mol. The van der Waals surface area contributed by atoms with Crippen LogP contribution < -0.4 is 5.32 Å². The number of amides is 1. The van der Waals surface area contributed by atoms with Crippen LogP contribution >= 0.6 is 12.4 Å². The van der Waals surface area contributed by atoms with Gasteiger partial charge in [0.05, 0.1) is 6.04 Å². The highest BCUT2D eigenvalue weighted by atomic mass is 35.5. The van der Waals surface area contributed by atoms with Crippen molar-refractivity contribution >= 4 is 24.0 Å². The van der Waals surface area contributed by atoms with Gasteiger partial charge in [-0.05, 0) is 57.8 Å². The first-order valence-corrected chi connectivity index (χ1v) is 8.24. The fourth-order valence-corrected chi connectivity index (χ4v) is 3.09. The summed E-state index contributed by atoms with van der Waals surface area (Å²) in [6.45, 7) is 8.44. The molecule has 0 spiro atoms. The first kappa shape index (κ1) is 19.0.